The molecule has 0 aliphatic carbocycles. The molecule has 1 aromatic rings. The number of hydrogen-bond acceptors (Lipinski definition) is 4. The summed E-state index contributed by atoms with van der Waals surface area (Å²) in [5, 5.41) is 13.4. The third-order valence-corrected chi connectivity index (χ3v) is 3.73. The number of nitrogens with zero attached hydrogens (tertiary/aromatic N) is 1. The number of hydrogen-bond donors (Lipinski definition) is 2. The van der Waals surface area contributed by atoms with Crippen molar-refractivity contribution in [3.63, 3.8) is 0 Å². The van der Waals surface area contributed by atoms with E-state index >= 15 is 0 Å². The summed E-state index contributed by atoms with van der Waals surface area (Å²) < 4.78 is 5.03. The normalized spacial score (nSPS) is 18.6. The van der Waals surface area contributed by atoms with Crippen molar-refractivity contribution in [2.75, 3.05) is 33.8 Å². The molecule has 1 atom stereocenters. The Hall–Kier alpha value is -1.75. The lowest BCUT2D eigenvalue weighted by Gasteiger charge is -2.28. The number of phenolic OH excluding ortho intramolecular Hbond substituents is 1. The molecule has 1 heterocycles. The van der Waals surface area contributed by atoms with E-state index in [-0.39, 0.29) is 17.2 Å². The Bertz CT molecular complexity index is 470. The summed E-state index contributed by atoms with van der Waals surface area (Å²) >= 11 is 0. The average Bonchev–Trinajstić information content (AvgIpc) is 2.48. The molecule has 0 spiro atoms. The molecule has 110 valence electrons. The molecule has 5 heteroatoms. The zero-order valence-corrected chi connectivity index (χ0v) is 12.1. The highest BCUT2D eigenvalue weighted by Crippen LogP contribution is 2.30. The minimum absolute atomic E-state index is 0.0892. The maximum atomic E-state index is 12.4. The molecule has 2 rings (SSSR count). The molecule has 0 aromatic heterocycles. The van der Waals surface area contributed by atoms with Crippen molar-refractivity contribution < 1.29 is 14.6 Å². The van der Waals surface area contributed by atoms with Gasteiger partial charge in [-0.15, -0.1) is 0 Å². The highest BCUT2D eigenvalue weighted by molar-refractivity contribution is 5.97. The molecule has 5 nitrogen and oxygen atoms in total. The van der Waals surface area contributed by atoms with Crippen molar-refractivity contribution >= 4 is 5.91 Å². The zero-order valence-electron chi connectivity index (χ0n) is 12.1. The first-order chi connectivity index (χ1) is 9.63. The van der Waals surface area contributed by atoms with E-state index in [2.05, 4.69) is 5.32 Å². The molecule has 1 unspecified atom stereocenters. The smallest absolute Gasteiger partial charge is 0.257 e. The van der Waals surface area contributed by atoms with Crippen LogP contribution in [-0.4, -0.2) is 49.7 Å². The van der Waals surface area contributed by atoms with Crippen LogP contribution in [0.3, 0.4) is 0 Å². The first-order valence-electron chi connectivity index (χ1n) is 6.95. The monoisotopic (exact) mass is 278 g/mol. The van der Waals surface area contributed by atoms with Crippen LogP contribution in [0.2, 0.25) is 0 Å². The zero-order chi connectivity index (χ0) is 14.5. The van der Waals surface area contributed by atoms with Crippen molar-refractivity contribution in [3.8, 4) is 11.5 Å². The molecular weight excluding hydrogens is 256 g/mol. The van der Waals surface area contributed by atoms with Gasteiger partial charge in [-0.1, -0.05) is 6.07 Å². The summed E-state index contributed by atoms with van der Waals surface area (Å²) in [6, 6.07) is 4.97. The number of methoxy groups -OCH3 is 1. The Morgan fingerprint density at radius 2 is 2.35 bits per heavy atom. The van der Waals surface area contributed by atoms with Gasteiger partial charge in [-0.3, -0.25) is 4.79 Å². The fraction of sp³-hybridized carbons (Fsp3) is 0.533. The molecule has 1 amide bonds. The maximum absolute atomic E-state index is 12.4. The van der Waals surface area contributed by atoms with Crippen LogP contribution in [0.5, 0.6) is 11.5 Å². The molecule has 20 heavy (non-hydrogen) atoms. The highest BCUT2D eigenvalue weighted by atomic mass is 16.5. The van der Waals surface area contributed by atoms with Gasteiger partial charge in [0.15, 0.2) is 11.5 Å². The first kappa shape index (κ1) is 14.7. The molecule has 1 aromatic carbocycles. The summed E-state index contributed by atoms with van der Waals surface area (Å²) in [4.78, 5) is 14.1. The number of rotatable bonds is 4. The van der Waals surface area contributed by atoms with Gasteiger partial charge in [-0.05, 0) is 44.0 Å². The van der Waals surface area contributed by atoms with Crippen molar-refractivity contribution in [1.29, 1.82) is 0 Å². The van der Waals surface area contributed by atoms with E-state index in [1.54, 1.807) is 30.1 Å². The van der Waals surface area contributed by atoms with Gasteiger partial charge in [0.25, 0.3) is 5.91 Å². The van der Waals surface area contributed by atoms with Gasteiger partial charge < -0.3 is 20.1 Å². The average molecular weight is 278 g/mol. The second-order valence-electron chi connectivity index (χ2n) is 5.25. The van der Waals surface area contributed by atoms with Gasteiger partial charge in [0, 0.05) is 13.6 Å². The number of aromatic hydroxyl groups is 1. The highest BCUT2D eigenvalue weighted by Gasteiger charge is 2.22. The first-order valence-corrected chi connectivity index (χ1v) is 6.95. The minimum Gasteiger partial charge on any atom is -0.504 e. The van der Waals surface area contributed by atoms with E-state index in [0.717, 1.165) is 25.9 Å². The topological polar surface area (TPSA) is 61.8 Å². The second kappa shape index (κ2) is 6.61. The summed E-state index contributed by atoms with van der Waals surface area (Å²) in [5.74, 6) is 0.537. The fourth-order valence-corrected chi connectivity index (χ4v) is 2.62. The Labute approximate surface area is 119 Å². The molecular formula is C15H22N2O3. The molecule has 1 saturated heterocycles. The molecule has 0 radical (unpaired) electrons. The lowest BCUT2D eigenvalue weighted by atomic mass is 9.99. The Kier molecular flexibility index (Phi) is 4.84. The van der Waals surface area contributed by atoms with E-state index in [4.69, 9.17) is 4.74 Å². The van der Waals surface area contributed by atoms with Crippen LogP contribution in [-0.2, 0) is 0 Å². The minimum atomic E-state index is -0.174. The molecule has 0 saturated carbocycles. The Morgan fingerprint density at radius 1 is 1.55 bits per heavy atom. The maximum Gasteiger partial charge on any atom is 0.257 e. The summed E-state index contributed by atoms with van der Waals surface area (Å²) in [7, 11) is 3.25. The molecule has 1 aliphatic rings. The van der Waals surface area contributed by atoms with E-state index in [1.807, 2.05) is 0 Å². The van der Waals surface area contributed by atoms with Gasteiger partial charge in [-0.25, -0.2) is 0 Å². The van der Waals surface area contributed by atoms with Crippen LogP contribution in [0.1, 0.15) is 23.2 Å². The Morgan fingerprint density at radius 3 is 3.00 bits per heavy atom. The molecule has 0 bridgehead atoms. The lowest BCUT2D eigenvalue weighted by Crippen LogP contribution is -2.39. The van der Waals surface area contributed by atoms with E-state index < -0.39 is 0 Å². The summed E-state index contributed by atoms with van der Waals surface area (Å²) in [6.07, 6.45) is 2.28. The van der Waals surface area contributed by atoms with E-state index in [0.29, 0.717) is 18.2 Å². The van der Waals surface area contributed by atoms with Crippen LogP contribution < -0.4 is 10.1 Å². The van der Waals surface area contributed by atoms with E-state index in [9.17, 15) is 9.90 Å². The number of benzene rings is 1. The second-order valence-corrected chi connectivity index (χ2v) is 5.25. The SMILES string of the molecule is COc1cccc(C(=O)N(C)CC2CCCNC2)c1O. The number of carbonyl (C=O) groups excluding carboxylic acids is 1. The van der Waals surface area contributed by atoms with Gasteiger partial charge in [0.05, 0.1) is 12.7 Å². The van der Waals surface area contributed by atoms with Gasteiger partial charge >= 0.3 is 0 Å². The van der Waals surface area contributed by atoms with Gasteiger partial charge in [0.2, 0.25) is 0 Å². The number of ether oxygens (including phenoxy) is 1. The van der Waals surface area contributed by atoms with E-state index in [1.165, 1.54) is 7.11 Å². The van der Waals surface area contributed by atoms with Crippen molar-refractivity contribution in [1.82, 2.24) is 10.2 Å². The third kappa shape index (κ3) is 3.22. The summed E-state index contributed by atoms with van der Waals surface area (Å²) in [6.45, 7) is 2.70. The largest absolute Gasteiger partial charge is 0.504 e. The lowest BCUT2D eigenvalue weighted by molar-refractivity contribution is 0.0761. The number of para-hydroxylation sites is 1. The Balaban J connectivity index is 2.06. The summed E-state index contributed by atoms with van der Waals surface area (Å²) in [5.41, 5.74) is 0.288. The van der Waals surface area contributed by atoms with Gasteiger partial charge in [-0.2, -0.15) is 0 Å². The predicted octanol–water partition coefficient (Wildman–Crippen LogP) is 1.47. The van der Waals surface area contributed by atoms with Crippen molar-refractivity contribution in [2.24, 2.45) is 5.92 Å². The van der Waals surface area contributed by atoms with Crippen LogP contribution in [0.15, 0.2) is 18.2 Å². The number of nitrogens with one attached hydrogen (secondary N) is 1. The van der Waals surface area contributed by atoms with Crippen LogP contribution in [0, 0.1) is 5.92 Å². The van der Waals surface area contributed by atoms with Gasteiger partial charge in [0.1, 0.15) is 0 Å². The standard InChI is InChI=1S/C15H22N2O3/c1-17(10-11-5-4-8-16-9-11)15(19)12-6-3-7-13(20-2)14(12)18/h3,6-7,11,16,18H,4-5,8-10H2,1-2H3. The predicted molar refractivity (Wildman–Crippen MR) is 77.2 cm³/mol. The third-order valence-electron chi connectivity index (χ3n) is 3.73. The van der Waals surface area contributed by atoms with Crippen LogP contribution >= 0.6 is 0 Å². The number of carbonyl (C=O) groups is 1. The number of amides is 1. The number of piperidine rings is 1. The van der Waals surface area contributed by atoms with Crippen molar-refractivity contribution in [2.45, 2.75) is 12.8 Å². The van der Waals surface area contributed by atoms with Crippen molar-refractivity contribution in [3.05, 3.63) is 23.8 Å². The molecule has 2 N–H and O–H groups in total. The fourth-order valence-electron chi connectivity index (χ4n) is 2.62. The molecule has 1 fully saturated rings. The van der Waals surface area contributed by atoms with Crippen LogP contribution in [0.4, 0.5) is 0 Å². The van der Waals surface area contributed by atoms with Crippen LogP contribution in [0.25, 0.3) is 0 Å². The number of phenols is 1. The quantitative estimate of drug-likeness (QED) is 0.875. The molecule has 1 aliphatic heterocycles.